The Morgan fingerprint density at radius 3 is 2.41 bits per heavy atom. The summed E-state index contributed by atoms with van der Waals surface area (Å²) in [5.41, 5.74) is 1.69. The van der Waals surface area contributed by atoms with E-state index < -0.39 is 30.0 Å². The van der Waals surface area contributed by atoms with Gasteiger partial charge < -0.3 is 15.1 Å². The summed E-state index contributed by atoms with van der Waals surface area (Å²) in [6.45, 7) is 0.319. The smallest absolute Gasteiger partial charge is 0.233 e. The lowest BCUT2D eigenvalue weighted by Crippen LogP contribution is -2.54. The fourth-order valence-corrected chi connectivity index (χ4v) is 6.46. The van der Waals surface area contributed by atoms with Crippen LogP contribution in [0, 0.1) is 23.7 Å². The maximum absolute atomic E-state index is 13.5. The molecule has 1 heterocycles. The van der Waals surface area contributed by atoms with Gasteiger partial charge in [-0.3, -0.25) is 14.5 Å². The molecule has 172 valence electrons. The van der Waals surface area contributed by atoms with Crippen molar-refractivity contribution in [2.75, 3.05) is 0 Å². The molecule has 0 spiro atoms. The van der Waals surface area contributed by atoms with E-state index in [4.69, 9.17) is 4.84 Å². The first-order valence-corrected chi connectivity index (χ1v) is 12.0. The van der Waals surface area contributed by atoms with Crippen molar-refractivity contribution in [3.63, 3.8) is 0 Å². The van der Waals surface area contributed by atoms with Crippen LogP contribution in [0.4, 0.5) is 0 Å². The van der Waals surface area contributed by atoms with Crippen LogP contribution in [0.3, 0.4) is 0 Å². The van der Waals surface area contributed by atoms with Crippen LogP contribution in [0.25, 0.3) is 0 Å². The number of rotatable bonds is 4. The van der Waals surface area contributed by atoms with Gasteiger partial charge in [0.25, 0.3) is 0 Å². The number of carbonyl (C=O) groups excluding carboxylic acids is 2. The second kappa shape index (κ2) is 8.94. The monoisotopic (exact) mass is 440 g/mol. The Kier molecular flexibility index (Phi) is 6.03. The molecule has 1 aliphatic heterocycles. The lowest BCUT2D eigenvalue weighted by atomic mass is 9.60. The van der Waals surface area contributed by atoms with Gasteiger partial charge in [0.1, 0.15) is 6.61 Å². The lowest BCUT2D eigenvalue weighted by molar-refractivity contribution is -0.145. The Hall–Kier alpha value is -2.25. The van der Waals surface area contributed by atoms with Gasteiger partial charge in [0, 0.05) is 24.3 Å². The third kappa shape index (κ3) is 3.75. The molecule has 7 heteroatoms. The van der Waals surface area contributed by atoms with Gasteiger partial charge in [-0.05, 0) is 31.2 Å². The SMILES string of the molecule is O=C1[C@H]2[C@@H]3[C@@H](O)[C@H](O)CC(=NOCc4ccccc4)[C@H]3CC[C@H]2C(=O)N1C1CCCCC1. The standard InChI is InChI=1S/C25H32N2O5/c28-20-13-19(26-32-14-15-7-3-1-4-8-15)17-11-12-18-22(21(17)23(20)29)25(31)27(24(18)30)16-9-5-2-6-10-16/h1,3-4,7-8,16-18,20-23,28-29H,2,5-6,9-14H2/t17-,18-,20-,21-,22-,23+/m1/s1. The Morgan fingerprint density at radius 2 is 1.66 bits per heavy atom. The van der Waals surface area contributed by atoms with E-state index in [0.717, 1.165) is 37.7 Å². The van der Waals surface area contributed by atoms with E-state index in [2.05, 4.69) is 5.16 Å². The number of oxime groups is 1. The third-order valence-corrected chi connectivity index (χ3v) is 8.01. The molecular formula is C25H32N2O5. The van der Waals surface area contributed by atoms with Crippen LogP contribution in [0.2, 0.25) is 0 Å². The van der Waals surface area contributed by atoms with Crippen LogP contribution in [0.1, 0.15) is 56.9 Å². The normalized spacial score (nSPS) is 36.8. The number of carbonyl (C=O) groups is 2. The van der Waals surface area contributed by atoms with E-state index >= 15 is 0 Å². The molecule has 5 rings (SSSR count). The van der Waals surface area contributed by atoms with Crippen LogP contribution in [0.5, 0.6) is 0 Å². The Morgan fingerprint density at radius 1 is 0.938 bits per heavy atom. The quantitative estimate of drug-likeness (QED) is 0.554. The molecule has 3 aliphatic carbocycles. The van der Waals surface area contributed by atoms with Crippen molar-refractivity contribution in [2.45, 2.75) is 76.2 Å². The average molecular weight is 441 g/mol. The van der Waals surface area contributed by atoms with Crippen LogP contribution in [-0.2, 0) is 21.0 Å². The number of imide groups is 1. The second-order valence-corrected chi connectivity index (χ2v) is 9.84. The minimum Gasteiger partial charge on any atom is -0.391 e. The zero-order chi connectivity index (χ0) is 22.2. The molecule has 32 heavy (non-hydrogen) atoms. The minimum atomic E-state index is -1.04. The largest absolute Gasteiger partial charge is 0.391 e. The average Bonchev–Trinajstić information content (AvgIpc) is 3.08. The molecule has 1 aromatic rings. The molecular weight excluding hydrogens is 408 g/mol. The summed E-state index contributed by atoms with van der Waals surface area (Å²) in [6, 6.07) is 9.70. The molecule has 7 nitrogen and oxygen atoms in total. The molecule has 6 atom stereocenters. The number of nitrogens with zero attached hydrogens (tertiary/aromatic N) is 2. The van der Waals surface area contributed by atoms with E-state index in [1.807, 2.05) is 30.3 Å². The van der Waals surface area contributed by atoms with Gasteiger partial charge in [0.15, 0.2) is 0 Å². The first kappa shape index (κ1) is 21.6. The van der Waals surface area contributed by atoms with E-state index in [1.54, 1.807) is 0 Å². The van der Waals surface area contributed by atoms with Crippen molar-refractivity contribution in [1.82, 2.24) is 4.90 Å². The number of fused-ring (bicyclic) bond motifs is 3. The van der Waals surface area contributed by atoms with Crippen LogP contribution < -0.4 is 0 Å². The molecule has 2 N–H and O–H groups in total. The molecule has 0 unspecified atom stereocenters. The highest BCUT2D eigenvalue weighted by atomic mass is 16.6. The number of likely N-dealkylation sites (tertiary alicyclic amines) is 1. The summed E-state index contributed by atoms with van der Waals surface area (Å²) >= 11 is 0. The van der Waals surface area contributed by atoms with Crippen molar-refractivity contribution < 1.29 is 24.6 Å². The second-order valence-electron chi connectivity index (χ2n) is 9.84. The van der Waals surface area contributed by atoms with Crippen LogP contribution >= 0.6 is 0 Å². The fourth-order valence-electron chi connectivity index (χ4n) is 6.46. The summed E-state index contributed by atoms with van der Waals surface area (Å²) in [5, 5.41) is 25.9. The minimum absolute atomic E-state index is 0.0131. The van der Waals surface area contributed by atoms with Crippen molar-refractivity contribution in [1.29, 1.82) is 0 Å². The Bertz CT molecular complexity index is 882. The molecule has 2 amide bonds. The van der Waals surface area contributed by atoms with Gasteiger partial charge in [0.2, 0.25) is 11.8 Å². The number of amides is 2. The lowest BCUT2D eigenvalue weighted by Gasteiger charge is -2.45. The fraction of sp³-hybridized carbons (Fsp3) is 0.640. The highest BCUT2D eigenvalue weighted by molar-refractivity contribution is 6.06. The predicted molar refractivity (Wildman–Crippen MR) is 117 cm³/mol. The maximum Gasteiger partial charge on any atom is 0.233 e. The van der Waals surface area contributed by atoms with E-state index in [-0.39, 0.29) is 30.2 Å². The van der Waals surface area contributed by atoms with Gasteiger partial charge in [-0.15, -0.1) is 0 Å². The Balaban J connectivity index is 1.37. The molecule has 4 fully saturated rings. The van der Waals surface area contributed by atoms with Gasteiger partial charge in [-0.25, -0.2) is 0 Å². The highest BCUT2D eigenvalue weighted by Gasteiger charge is 2.60. The van der Waals surface area contributed by atoms with Gasteiger partial charge in [-0.1, -0.05) is 54.8 Å². The van der Waals surface area contributed by atoms with Crippen LogP contribution in [-0.4, -0.2) is 50.9 Å². The number of aliphatic hydroxyl groups is 2. The van der Waals surface area contributed by atoms with Crippen molar-refractivity contribution in [2.24, 2.45) is 28.8 Å². The first-order valence-electron chi connectivity index (χ1n) is 12.0. The molecule has 4 aliphatic rings. The molecule has 0 aromatic heterocycles. The van der Waals surface area contributed by atoms with Crippen molar-refractivity contribution in [3.8, 4) is 0 Å². The zero-order valence-electron chi connectivity index (χ0n) is 18.3. The topological polar surface area (TPSA) is 99.4 Å². The molecule has 3 saturated carbocycles. The summed E-state index contributed by atoms with van der Waals surface area (Å²) in [7, 11) is 0. The maximum atomic E-state index is 13.5. The molecule has 0 radical (unpaired) electrons. The zero-order valence-corrected chi connectivity index (χ0v) is 18.3. The molecule has 0 bridgehead atoms. The van der Waals surface area contributed by atoms with E-state index in [1.165, 1.54) is 4.90 Å². The van der Waals surface area contributed by atoms with Gasteiger partial charge >= 0.3 is 0 Å². The van der Waals surface area contributed by atoms with Gasteiger partial charge in [-0.2, -0.15) is 0 Å². The molecule has 1 aromatic carbocycles. The summed E-state index contributed by atoms with van der Waals surface area (Å²) < 4.78 is 0. The highest BCUT2D eigenvalue weighted by Crippen LogP contribution is 2.50. The summed E-state index contributed by atoms with van der Waals surface area (Å²) in [6.07, 6.45) is 4.43. The first-order chi connectivity index (χ1) is 15.6. The van der Waals surface area contributed by atoms with E-state index in [0.29, 0.717) is 25.2 Å². The number of hydrogen-bond acceptors (Lipinski definition) is 6. The van der Waals surface area contributed by atoms with E-state index in [9.17, 15) is 19.8 Å². The van der Waals surface area contributed by atoms with Crippen molar-refractivity contribution in [3.05, 3.63) is 35.9 Å². The van der Waals surface area contributed by atoms with Crippen molar-refractivity contribution >= 4 is 17.5 Å². The van der Waals surface area contributed by atoms with Gasteiger partial charge in [0.05, 0.1) is 29.8 Å². The Labute approximate surface area is 188 Å². The predicted octanol–water partition coefficient (Wildman–Crippen LogP) is 2.64. The third-order valence-electron chi connectivity index (χ3n) is 8.01. The summed E-state index contributed by atoms with van der Waals surface area (Å²) in [4.78, 5) is 33.9. The number of benzene rings is 1. The van der Waals surface area contributed by atoms with Crippen LogP contribution in [0.15, 0.2) is 35.5 Å². The molecule has 1 saturated heterocycles. The summed E-state index contributed by atoms with van der Waals surface area (Å²) in [5.74, 6) is -1.85. The number of aliphatic hydroxyl groups excluding tert-OH is 2. The number of hydrogen-bond donors (Lipinski definition) is 2.